The Hall–Kier alpha value is -2.14. The smallest absolute Gasteiger partial charge is 0.251 e. The molecule has 0 spiro atoms. The average Bonchev–Trinajstić information content (AvgIpc) is 3.17. The second-order valence-electron chi connectivity index (χ2n) is 8.29. The summed E-state index contributed by atoms with van der Waals surface area (Å²) in [6.07, 6.45) is -2.12. The molecule has 2 aliphatic heterocycles. The van der Waals surface area contributed by atoms with E-state index in [2.05, 4.69) is 15.1 Å². The maximum Gasteiger partial charge on any atom is 0.251 e. The summed E-state index contributed by atoms with van der Waals surface area (Å²) in [6, 6.07) is 12.9. The number of amides is 1. The van der Waals surface area contributed by atoms with Gasteiger partial charge in [-0.3, -0.25) is 9.69 Å². The Morgan fingerprint density at radius 1 is 1.11 bits per heavy atom. The lowest BCUT2D eigenvalue weighted by Crippen LogP contribution is -2.57. The fraction of sp³-hybridized carbons (Fsp3) is 0.458. The first-order valence-corrected chi connectivity index (χ1v) is 11.1. The predicted octanol–water partition coefficient (Wildman–Crippen LogP) is 1.72. The van der Waals surface area contributed by atoms with Crippen molar-refractivity contribution in [2.75, 3.05) is 51.3 Å². The molecule has 3 N–H and O–H groups in total. The SMILES string of the molecule is COc1ccccc1N1CCN([C@@H]2[C@H](O)[C@H](CO)O[C@@H]2CNC(=O)c2cccc(F)c2)CC1.Cl.Cl. The van der Waals surface area contributed by atoms with Crippen molar-refractivity contribution in [1.29, 1.82) is 0 Å². The third kappa shape index (κ3) is 6.55. The number of halogens is 3. The number of aliphatic hydroxyl groups excluding tert-OH is 2. The molecule has 0 aromatic heterocycles. The summed E-state index contributed by atoms with van der Waals surface area (Å²) in [5, 5.41) is 23.3. The summed E-state index contributed by atoms with van der Waals surface area (Å²) >= 11 is 0. The van der Waals surface area contributed by atoms with Crippen molar-refractivity contribution in [2.45, 2.75) is 24.4 Å². The first-order chi connectivity index (χ1) is 16.0. The van der Waals surface area contributed by atoms with E-state index >= 15 is 0 Å². The van der Waals surface area contributed by atoms with Crippen molar-refractivity contribution in [3.05, 3.63) is 59.9 Å². The third-order valence-corrected chi connectivity index (χ3v) is 6.35. The van der Waals surface area contributed by atoms with E-state index in [1.165, 1.54) is 24.3 Å². The summed E-state index contributed by atoms with van der Waals surface area (Å²) < 4.78 is 24.8. The lowest BCUT2D eigenvalue weighted by atomic mass is 10.0. The van der Waals surface area contributed by atoms with Gasteiger partial charge in [0.1, 0.15) is 23.8 Å². The molecular weight excluding hydrogens is 500 g/mol. The highest BCUT2D eigenvalue weighted by molar-refractivity contribution is 5.94. The quantitative estimate of drug-likeness (QED) is 0.500. The van der Waals surface area contributed by atoms with Gasteiger partial charge in [0.2, 0.25) is 0 Å². The van der Waals surface area contributed by atoms with E-state index in [4.69, 9.17) is 9.47 Å². The van der Waals surface area contributed by atoms with Gasteiger partial charge >= 0.3 is 0 Å². The fourth-order valence-corrected chi connectivity index (χ4v) is 4.67. The molecule has 0 aliphatic carbocycles. The first kappa shape index (κ1) is 29.1. The van der Waals surface area contributed by atoms with Crippen molar-refractivity contribution in [1.82, 2.24) is 10.2 Å². The number of rotatable bonds is 7. The molecular formula is C24H32Cl2FN3O5. The lowest BCUT2D eigenvalue weighted by Gasteiger charge is -2.41. The van der Waals surface area contributed by atoms with Gasteiger partial charge in [0.25, 0.3) is 5.91 Å². The highest BCUT2D eigenvalue weighted by atomic mass is 35.5. The number of carbonyl (C=O) groups is 1. The number of anilines is 1. The third-order valence-electron chi connectivity index (χ3n) is 6.35. The normalized spacial score (nSPS) is 24.3. The van der Waals surface area contributed by atoms with Crippen LogP contribution in [0.2, 0.25) is 0 Å². The van der Waals surface area contributed by atoms with Gasteiger partial charge in [0.15, 0.2) is 0 Å². The van der Waals surface area contributed by atoms with Gasteiger partial charge in [0, 0.05) is 38.3 Å². The second-order valence-corrected chi connectivity index (χ2v) is 8.29. The summed E-state index contributed by atoms with van der Waals surface area (Å²) in [7, 11) is 1.65. The number of hydrogen-bond acceptors (Lipinski definition) is 7. The van der Waals surface area contributed by atoms with Crippen molar-refractivity contribution < 1.29 is 28.9 Å². The molecule has 35 heavy (non-hydrogen) atoms. The summed E-state index contributed by atoms with van der Waals surface area (Å²) in [5.41, 5.74) is 1.24. The molecule has 0 saturated carbocycles. The number of hydrogen-bond donors (Lipinski definition) is 3. The van der Waals surface area contributed by atoms with Crippen LogP contribution in [0.1, 0.15) is 10.4 Å². The van der Waals surface area contributed by atoms with Crippen LogP contribution in [0.15, 0.2) is 48.5 Å². The van der Waals surface area contributed by atoms with Crippen LogP contribution < -0.4 is 15.0 Å². The minimum atomic E-state index is -0.885. The standard InChI is InChI=1S/C24H30FN3O5.2ClH/c1-32-19-8-3-2-7-18(19)27-9-11-28(12-10-27)22-20(33-21(15-29)23(22)30)14-26-24(31)16-5-4-6-17(25)13-16;;/h2-8,13,20-23,29-30H,9-12,14-15H2,1H3,(H,26,31);2*1H/t20-,21+,22+,23-;;/m1../s1. The maximum absolute atomic E-state index is 13.4. The molecule has 2 heterocycles. The highest BCUT2D eigenvalue weighted by Gasteiger charge is 2.46. The summed E-state index contributed by atoms with van der Waals surface area (Å²) in [4.78, 5) is 16.8. The number of aliphatic hydroxyl groups is 2. The van der Waals surface area contributed by atoms with Crippen LogP contribution in [0.5, 0.6) is 5.75 Å². The number of nitrogens with zero attached hydrogens (tertiary/aromatic N) is 2. The van der Waals surface area contributed by atoms with Crippen LogP contribution in [-0.4, -0.2) is 91.8 Å². The highest BCUT2D eigenvalue weighted by Crippen LogP contribution is 2.31. The van der Waals surface area contributed by atoms with Gasteiger partial charge in [-0.25, -0.2) is 4.39 Å². The van der Waals surface area contributed by atoms with Crippen LogP contribution >= 0.6 is 24.8 Å². The Bertz CT molecular complexity index is 964. The van der Waals surface area contributed by atoms with Crippen LogP contribution in [-0.2, 0) is 4.74 Å². The molecule has 1 amide bonds. The predicted molar refractivity (Wildman–Crippen MR) is 136 cm³/mol. The van der Waals surface area contributed by atoms with Gasteiger partial charge in [-0.2, -0.15) is 0 Å². The molecule has 2 saturated heterocycles. The first-order valence-electron chi connectivity index (χ1n) is 11.1. The number of para-hydroxylation sites is 2. The zero-order valence-corrected chi connectivity index (χ0v) is 21.0. The van der Waals surface area contributed by atoms with E-state index in [-0.39, 0.29) is 49.6 Å². The monoisotopic (exact) mass is 531 g/mol. The molecule has 4 atom stereocenters. The second kappa shape index (κ2) is 13.2. The number of methoxy groups -OCH3 is 1. The number of ether oxygens (including phenoxy) is 2. The Kier molecular flexibility index (Phi) is 11.0. The van der Waals surface area contributed by atoms with Crippen LogP contribution in [0.25, 0.3) is 0 Å². The Balaban J connectivity index is 0.00000216. The van der Waals surface area contributed by atoms with Gasteiger partial charge in [-0.1, -0.05) is 18.2 Å². The molecule has 2 aromatic carbocycles. The topological polar surface area (TPSA) is 94.5 Å². The van der Waals surface area contributed by atoms with Gasteiger partial charge in [0.05, 0.1) is 31.5 Å². The summed E-state index contributed by atoms with van der Waals surface area (Å²) in [6.45, 7) is 2.64. The minimum absolute atomic E-state index is 0. The minimum Gasteiger partial charge on any atom is -0.495 e. The zero-order chi connectivity index (χ0) is 23.4. The number of nitrogens with one attached hydrogen (secondary N) is 1. The van der Waals surface area contributed by atoms with Gasteiger partial charge in [-0.05, 0) is 30.3 Å². The van der Waals surface area contributed by atoms with Gasteiger partial charge < -0.3 is 29.9 Å². The van der Waals surface area contributed by atoms with E-state index in [9.17, 15) is 19.4 Å². The van der Waals surface area contributed by atoms with E-state index in [1.807, 2.05) is 24.3 Å². The Morgan fingerprint density at radius 2 is 1.83 bits per heavy atom. The average molecular weight is 532 g/mol. The molecule has 194 valence electrons. The molecule has 0 radical (unpaired) electrons. The number of carbonyl (C=O) groups excluding carboxylic acids is 1. The van der Waals surface area contributed by atoms with E-state index in [1.54, 1.807) is 7.11 Å². The van der Waals surface area contributed by atoms with Crippen molar-refractivity contribution in [2.24, 2.45) is 0 Å². The van der Waals surface area contributed by atoms with Gasteiger partial charge in [-0.15, -0.1) is 24.8 Å². The van der Waals surface area contributed by atoms with Crippen LogP contribution in [0.3, 0.4) is 0 Å². The number of benzene rings is 2. The summed E-state index contributed by atoms with van der Waals surface area (Å²) in [5.74, 6) is -0.0884. The molecule has 0 bridgehead atoms. The van der Waals surface area contributed by atoms with E-state index in [0.717, 1.165) is 24.5 Å². The maximum atomic E-state index is 13.4. The van der Waals surface area contributed by atoms with Crippen molar-refractivity contribution >= 4 is 36.4 Å². The molecule has 2 aliphatic rings. The van der Waals surface area contributed by atoms with Crippen molar-refractivity contribution in [3.8, 4) is 5.75 Å². The number of piperazine rings is 1. The molecule has 11 heteroatoms. The Morgan fingerprint density at radius 3 is 2.49 bits per heavy atom. The van der Waals surface area contributed by atoms with E-state index in [0.29, 0.717) is 13.1 Å². The van der Waals surface area contributed by atoms with E-state index < -0.39 is 30.0 Å². The zero-order valence-electron chi connectivity index (χ0n) is 19.4. The van der Waals surface area contributed by atoms with Crippen molar-refractivity contribution in [3.63, 3.8) is 0 Å². The molecule has 2 fully saturated rings. The van der Waals surface area contributed by atoms with Crippen LogP contribution in [0.4, 0.5) is 10.1 Å². The molecule has 4 rings (SSSR count). The molecule has 0 unspecified atom stereocenters. The largest absolute Gasteiger partial charge is 0.495 e. The molecule has 8 nitrogen and oxygen atoms in total. The van der Waals surface area contributed by atoms with Crippen LogP contribution in [0, 0.1) is 5.82 Å². The Labute approximate surface area is 216 Å². The lowest BCUT2D eigenvalue weighted by molar-refractivity contribution is -0.0209. The fourth-order valence-electron chi connectivity index (χ4n) is 4.67. The molecule has 2 aromatic rings.